The van der Waals surface area contributed by atoms with Crippen LogP contribution in [0.4, 0.5) is 0 Å². The Morgan fingerprint density at radius 2 is 2.18 bits per heavy atom. The van der Waals surface area contributed by atoms with E-state index in [4.69, 9.17) is 10.5 Å². The van der Waals surface area contributed by atoms with Gasteiger partial charge in [0.2, 0.25) is 0 Å². The summed E-state index contributed by atoms with van der Waals surface area (Å²) >= 11 is 0. The molecule has 22 heavy (non-hydrogen) atoms. The third-order valence-corrected chi connectivity index (χ3v) is 4.94. The molecule has 4 rings (SSSR count). The molecule has 1 aromatic heterocycles. The van der Waals surface area contributed by atoms with Crippen molar-refractivity contribution in [2.24, 2.45) is 10.7 Å². The van der Waals surface area contributed by atoms with Crippen LogP contribution in [0, 0.1) is 0 Å². The maximum Gasteiger partial charge on any atom is 0.282 e. The maximum absolute atomic E-state index is 5.79. The third-order valence-electron chi connectivity index (χ3n) is 4.94. The van der Waals surface area contributed by atoms with Crippen LogP contribution < -0.4 is 5.73 Å². The maximum atomic E-state index is 5.79. The number of hydrogen-bond donors (Lipinski definition) is 1. The minimum Gasteiger partial charge on any atom is -0.460 e. The molecule has 1 aliphatic carbocycles. The Labute approximate surface area is 130 Å². The van der Waals surface area contributed by atoms with Gasteiger partial charge in [-0.2, -0.15) is 0 Å². The smallest absolute Gasteiger partial charge is 0.282 e. The van der Waals surface area contributed by atoms with E-state index in [-0.39, 0.29) is 11.6 Å². The largest absolute Gasteiger partial charge is 0.460 e. The predicted octanol–water partition coefficient (Wildman–Crippen LogP) is 2.71. The lowest BCUT2D eigenvalue weighted by atomic mass is 9.74. The molecule has 0 bridgehead atoms. The van der Waals surface area contributed by atoms with Gasteiger partial charge in [0, 0.05) is 24.4 Å². The lowest BCUT2D eigenvalue weighted by molar-refractivity contribution is 0.140. The molecule has 0 unspecified atom stereocenters. The molecule has 4 nitrogen and oxygen atoms in total. The van der Waals surface area contributed by atoms with Crippen molar-refractivity contribution in [2.75, 3.05) is 0 Å². The molecule has 2 atom stereocenters. The fraction of sp³-hybridized carbons (Fsp3) is 0.333. The third kappa shape index (κ3) is 1.98. The summed E-state index contributed by atoms with van der Waals surface area (Å²) in [7, 11) is 0. The van der Waals surface area contributed by atoms with Gasteiger partial charge >= 0.3 is 0 Å². The van der Waals surface area contributed by atoms with Gasteiger partial charge in [0.1, 0.15) is 11.6 Å². The van der Waals surface area contributed by atoms with Crippen LogP contribution >= 0.6 is 0 Å². The fourth-order valence-corrected chi connectivity index (χ4v) is 3.72. The first-order valence-corrected chi connectivity index (χ1v) is 7.71. The first-order valence-electron chi connectivity index (χ1n) is 7.71. The number of nitrogens with two attached hydrogens (primary N) is 1. The van der Waals surface area contributed by atoms with Gasteiger partial charge in [-0.05, 0) is 42.5 Å². The van der Waals surface area contributed by atoms with E-state index in [1.54, 1.807) is 0 Å². The normalized spacial score (nSPS) is 26.4. The number of pyridine rings is 1. The van der Waals surface area contributed by atoms with Crippen LogP contribution in [0.2, 0.25) is 0 Å². The number of amidine groups is 1. The average Bonchev–Trinajstić information content (AvgIpc) is 2.80. The minimum absolute atomic E-state index is 0.0442. The topological polar surface area (TPSA) is 60.5 Å². The van der Waals surface area contributed by atoms with E-state index in [1.807, 2.05) is 18.5 Å². The molecule has 2 aromatic rings. The zero-order valence-corrected chi connectivity index (χ0v) is 12.6. The second-order valence-electron chi connectivity index (χ2n) is 6.18. The van der Waals surface area contributed by atoms with Crippen molar-refractivity contribution >= 4 is 6.02 Å². The van der Waals surface area contributed by atoms with Gasteiger partial charge in [0.05, 0.1) is 0 Å². The molecule has 0 saturated carbocycles. The number of nitrogens with zero attached hydrogens (tertiary/aromatic N) is 2. The Bertz CT molecular complexity index is 741. The Kier molecular flexibility index (Phi) is 2.93. The highest BCUT2D eigenvalue weighted by Crippen LogP contribution is 2.41. The van der Waals surface area contributed by atoms with Crippen molar-refractivity contribution < 1.29 is 4.74 Å². The van der Waals surface area contributed by atoms with E-state index in [1.165, 1.54) is 22.3 Å². The van der Waals surface area contributed by atoms with Gasteiger partial charge in [0.25, 0.3) is 6.02 Å². The number of rotatable bonds is 1. The quantitative estimate of drug-likeness (QED) is 0.879. The number of hydrogen-bond acceptors (Lipinski definition) is 4. The summed E-state index contributed by atoms with van der Waals surface area (Å²) in [6.45, 7) is 2.07. The molecule has 0 amide bonds. The molecule has 0 saturated heterocycles. The monoisotopic (exact) mass is 293 g/mol. The second kappa shape index (κ2) is 4.83. The Morgan fingerprint density at radius 1 is 1.27 bits per heavy atom. The summed E-state index contributed by atoms with van der Waals surface area (Å²) < 4.78 is 5.60. The predicted molar refractivity (Wildman–Crippen MR) is 86.6 cm³/mol. The van der Waals surface area contributed by atoms with Crippen molar-refractivity contribution in [3.63, 3.8) is 0 Å². The summed E-state index contributed by atoms with van der Waals surface area (Å²) in [5, 5.41) is 0. The van der Waals surface area contributed by atoms with Crippen molar-refractivity contribution in [2.45, 2.75) is 37.8 Å². The number of aliphatic imine (C=N–C) groups is 1. The van der Waals surface area contributed by atoms with Crippen molar-refractivity contribution in [3.05, 3.63) is 53.9 Å². The van der Waals surface area contributed by atoms with Gasteiger partial charge in [-0.25, -0.2) is 4.99 Å². The van der Waals surface area contributed by atoms with Crippen molar-refractivity contribution in [1.29, 1.82) is 0 Å². The standard InChI is InChI=1S/C18H19N3O/c1-12-18(21-17(19)22-12)8-7-16-13(10-18)4-2-6-15(16)14-5-3-9-20-11-14/h2-6,9,11-12H,7-8,10H2,1H3,(H2,19,21)/t12-,18+/m0/s1. The van der Waals surface area contributed by atoms with Crippen LogP contribution in [0.25, 0.3) is 11.1 Å². The molecular weight excluding hydrogens is 274 g/mol. The minimum atomic E-state index is -0.190. The Hall–Kier alpha value is -2.36. The van der Waals surface area contributed by atoms with Crippen LogP contribution in [0.1, 0.15) is 24.5 Å². The fourth-order valence-electron chi connectivity index (χ4n) is 3.72. The van der Waals surface area contributed by atoms with E-state index < -0.39 is 0 Å². The molecule has 1 spiro atoms. The molecule has 1 aliphatic heterocycles. The SMILES string of the molecule is C[C@@H]1OC(N)=N[C@@]12CCc1c(cccc1-c1cccnc1)C2. The first kappa shape index (κ1) is 13.3. The van der Waals surface area contributed by atoms with Crippen LogP contribution in [-0.4, -0.2) is 22.6 Å². The molecule has 2 aliphatic rings. The molecular formula is C18H19N3O. The highest BCUT2D eigenvalue weighted by atomic mass is 16.5. The molecule has 2 N–H and O–H groups in total. The lowest BCUT2D eigenvalue weighted by Gasteiger charge is -2.35. The zero-order chi connectivity index (χ0) is 15.2. The van der Waals surface area contributed by atoms with Gasteiger partial charge in [-0.3, -0.25) is 4.98 Å². The average molecular weight is 293 g/mol. The zero-order valence-electron chi connectivity index (χ0n) is 12.6. The van der Waals surface area contributed by atoms with E-state index in [2.05, 4.69) is 41.2 Å². The van der Waals surface area contributed by atoms with Crippen molar-refractivity contribution in [3.8, 4) is 11.1 Å². The highest BCUT2D eigenvalue weighted by Gasteiger charge is 2.45. The summed E-state index contributed by atoms with van der Waals surface area (Å²) in [6, 6.07) is 10.9. The van der Waals surface area contributed by atoms with Crippen LogP contribution in [0.5, 0.6) is 0 Å². The number of fused-ring (bicyclic) bond motifs is 1. The van der Waals surface area contributed by atoms with E-state index in [9.17, 15) is 0 Å². The Balaban J connectivity index is 1.76. The number of ether oxygens (including phenoxy) is 1. The van der Waals surface area contributed by atoms with Crippen LogP contribution in [-0.2, 0) is 17.6 Å². The Morgan fingerprint density at radius 3 is 2.91 bits per heavy atom. The molecule has 0 radical (unpaired) electrons. The number of benzene rings is 1. The molecule has 112 valence electrons. The van der Waals surface area contributed by atoms with E-state index in [0.29, 0.717) is 6.02 Å². The summed E-state index contributed by atoms with van der Waals surface area (Å²) in [4.78, 5) is 8.87. The van der Waals surface area contributed by atoms with Gasteiger partial charge in [-0.1, -0.05) is 24.3 Å². The van der Waals surface area contributed by atoms with Crippen molar-refractivity contribution in [1.82, 2.24) is 4.98 Å². The molecule has 4 heteroatoms. The molecule has 0 fully saturated rings. The molecule has 1 aromatic carbocycles. The summed E-state index contributed by atoms with van der Waals surface area (Å²) in [5.74, 6) is 0. The van der Waals surface area contributed by atoms with E-state index >= 15 is 0 Å². The lowest BCUT2D eigenvalue weighted by Crippen LogP contribution is -2.41. The van der Waals surface area contributed by atoms with Gasteiger partial charge in [-0.15, -0.1) is 0 Å². The highest BCUT2D eigenvalue weighted by molar-refractivity contribution is 5.75. The summed E-state index contributed by atoms with van der Waals surface area (Å²) in [5.41, 5.74) is 10.8. The first-order chi connectivity index (χ1) is 10.7. The molecule has 2 heterocycles. The summed E-state index contributed by atoms with van der Waals surface area (Å²) in [6.07, 6.45) is 6.63. The van der Waals surface area contributed by atoms with Crippen LogP contribution in [0.15, 0.2) is 47.7 Å². The van der Waals surface area contributed by atoms with Gasteiger partial charge < -0.3 is 10.5 Å². The second-order valence-corrected chi connectivity index (χ2v) is 6.18. The van der Waals surface area contributed by atoms with Crippen LogP contribution in [0.3, 0.4) is 0 Å². The number of aromatic nitrogens is 1. The van der Waals surface area contributed by atoms with E-state index in [0.717, 1.165) is 19.3 Å². The van der Waals surface area contributed by atoms with Gasteiger partial charge in [0.15, 0.2) is 0 Å².